The largest absolute Gasteiger partial charge is 0.391 e. The Kier molecular flexibility index (Phi) is 4.21. The molecular weight excluding hydrogens is 256 g/mol. The van der Waals surface area contributed by atoms with Gasteiger partial charge in [-0.25, -0.2) is 0 Å². The number of β-lactam (4-membered cyclic amide) rings is 1. The molecule has 5 nitrogen and oxygen atoms in total. The molecule has 1 spiro atoms. The van der Waals surface area contributed by atoms with Crippen molar-refractivity contribution < 1.29 is 14.7 Å². The first kappa shape index (κ1) is 15.4. The normalized spacial score (nSPS) is 29.9. The molecule has 0 aromatic heterocycles. The van der Waals surface area contributed by atoms with Crippen LogP contribution in [0.15, 0.2) is 0 Å². The van der Waals surface area contributed by atoms with Gasteiger partial charge in [0.2, 0.25) is 5.91 Å². The van der Waals surface area contributed by atoms with E-state index in [9.17, 15) is 14.7 Å². The monoisotopic (exact) mass is 282 g/mol. The molecule has 2 rings (SSSR count). The Morgan fingerprint density at radius 3 is 2.50 bits per heavy atom. The number of ketones is 1. The lowest BCUT2D eigenvalue weighted by Crippen LogP contribution is -2.76. The van der Waals surface area contributed by atoms with Crippen molar-refractivity contribution in [3.8, 4) is 0 Å². The summed E-state index contributed by atoms with van der Waals surface area (Å²) in [5, 5.41) is 9.75. The Morgan fingerprint density at radius 2 is 2.05 bits per heavy atom. The molecule has 1 amide bonds. The van der Waals surface area contributed by atoms with Crippen molar-refractivity contribution in [3.63, 3.8) is 0 Å². The maximum Gasteiger partial charge on any atom is 0.245 e. The summed E-state index contributed by atoms with van der Waals surface area (Å²) >= 11 is 0. The number of aliphatic hydroxyl groups is 1. The van der Waals surface area contributed by atoms with Gasteiger partial charge in [0.1, 0.15) is 11.6 Å². The molecule has 2 aliphatic rings. The first-order chi connectivity index (χ1) is 9.29. The minimum atomic E-state index is -0.811. The quantitative estimate of drug-likeness (QED) is 0.753. The molecule has 1 N–H and O–H groups in total. The highest BCUT2D eigenvalue weighted by molar-refractivity contribution is 5.97. The third kappa shape index (κ3) is 2.37. The fourth-order valence-corrected chi connectivity index (χ4v) is 3.70. The van der Waals surface area contributed by atoms with E-state index in [1.54, 1.807) is 11.8 Å². The summed E-state index contributed by atoms with van der Waals surface area (Å²) in [7, 11) is 0. The van der Waals surface area contributed by atoms with Gasteiger partial charge in [-0.3, -0.25) is 14.5 Å². The van der Waals surface area contributed by atoms with Crippen molar-refractivity contribution in [2.45, 2.75) is 58.2 Å². The van der Waals surface area contributed by atoms with E-state index in [0.717, 1.165) is 25.9 Å². The highest BCUT2D eigenvalue weighted by Crippen LogP contribution is 2.40. The van der Waals surface area contributed by atoms with Gasteiger partial charge in [-0.15, -0.1) is 0 Å². The maximum atomic E-state index is 12.6. The second-order valence-corrected chi connectivity index (χ2v) is 6.70. The van der Waals surface area contributed by atoms with E-state index in [-0.39, 0.29) is 11.7 Å². The van der Waals surface area contributed by atoms with Crippen molar-refractivity contribution >= 4 is 11.7 Å². The van der Waals surface area contributed by atoms with E-state index in [1.165, 1.54) is 6.92 Å². The number of carbonyl (C=O) groups excluding carboxylic acids is 2. The van der Waals surface area contributed by atoms with Gasteiger partial charge in [-0.2, -0.15) is 0 Å². The van der Waals surface area contributed by atoms with Crippen LogP contribution in [0.1, 0.15) is 40.5 Å². The molecule has 0 unspecified atom stereocenters. The van der Waals surface area contributed by atoms with Gasteiger partial charge in [0.05, 0.1) is 6.10 Å². The predicted molar refractivity (Wildman–Crippen MR) is 76.2 cm³/mol. The zero-order chi connectivity index (χ0) is 15.1. The molecule has 2 saturated heterocycles. The van der Waals surface area contributed by atoms with Crippen LogP contribution in [0.5, 0.6) is 0 Å². The molecule has 2 fully saturated rings. The number of nitrogens with zero attached hydrogens (tertiary/aromatic N) is 2. The van der Waals surface area contributed by atoms with Gasteiger partial charge < -0.3 is 10.0 Å². The van der Waals surface area contributed by atoms with Crippen LogP contribution < -0.4 is 0 Å². The summed E-state index contributed by atoms with van der Waals surface area (Å²) in [6.45, 7) is 9.77. The summed E-state index contributed by atoms with van der Waals surface area (Å²) in [6, 6.07) is -0.686. The Balaban J connectivity index is 2.12. The van der Waals surface area contributed by atoms with Crippen LogP contribution in [0.4, 0.5) is 0 Å². The number of likely N-dealkylation sites (tertiary alicyclic amines) is 2. The lowest BCUT2D eigenvalue weighted by molar-refractivity contribution is -0.172. The van der Waals surface area contributed by atoms with Crippen molar-refractivity contribution in [2.75, 3.05) is 19.6 Å². The number of amides is 1. The average Bonchev–Trinajstić information content (AvgIpc) is 2.72. The summed E-state index contributed by atoms with van der Waals surface area (Å²) < 4.78 is 0. The van der Waals surface area contributed by atoms with Crippen molar-refractivity contribution in [3.05, 3.63) is 0 Å². The molecule has 2 aliphatic heterocycles. The molecule has 0 aromatic rings. The smallest absolute Gasteiger partial charge is 0.245 e. The van der Waals surface area contributed by atoms with E-state index in [4.69, 9.17) is 0 Å². The van der Waals surface area contributed by atoms with Crippen molar-refractivity contribution in [1.82, 2.24) is 9.80 Å². The standard InChI is InChI=1S/C15H26N2O3/c1-10(2)8-16-7-5-6-15(16)9-17(14(15)20)13(11(3)18)12(4)19/h10-11,13,18H,5-9H2,1-4H3/t11-,13+,15+/m1/s1. The van der Waals surface area contributed by atoms with Crippen LogP contribution in [-0.4, -0.2) is 63.9 Å². The highest BCUT2D eigenvalue weighted by Gasteiger charge is 2.60. The molecule has 0 saturated carbocycles. The van der Waals surface area contributed by atoms with Crippen LogP contribution in [0, 0.1) is 5.92 Å². The van der Waals surface area contributed by atoms with Crippen LogP contribution in [-0.2, 0) is 9.59 Å². The molecule has 0 aromatic carbocycles. The third-order valence-corrected chi connectivity index (χ3v) is 4.51. The third-order valence-electron chi connectivity index (χ3n) is 4.51. The molecule has 3 atom stereocenters. The van der Waals surface area contributed by atoms with Crippen LogP contribution in [0.25, 0.3) is 0 Å². The van der Waals surface area contributed by atoms with Gasteiger partial charge >= 0.3 is 0 Å². The lowest BCUT2D eigenvalue weighted by Gasteiger charge is -2.54. The number of aliphatic hydroxyl groups excluding tert-OH is 1. The summed E-state index contributed by atoms with van der Waals surface area (Å²) in [6.07, 6.45) is 1.10. The molecule has 0 radical (unpaired) electrons. The number of hydrogen-bond acceptors (Lipinski definition) is 4. The second-order valence-electron chi connectivity index (χ2n) is 6.70. The van der Waals surface area contributed by atoms with Crippen molar-refractivity contribution in [2.24, 2.45) is 5.92 Å². The Bertz CT molecular complexity index is 408. The van der Waals surface area contributed by atoms with E-state index in [2.05, 4.69) is 18.7 Å². The summed E-state index contributed by atoms with van der Waals surface area (Å²) in [5.74, 6) is 0.403. The van der Waals surface area contributed by atoms with E-state index in [1.807, 2.05) is 0 Å². The Morgan fingerprint density at radius 1 is 1.40 bits per heavy atom. The highest BCUT2D eigenvalue weighted by atomic mass is 16.3. The van der Waals surface area contributed by atoms with Crippen LogP contribution >= 0.6 is 0 Å². The first-order valence-electron chi connectivity index (χ1n) is 7.54. The van der Waals surface area contributed by atoms with E-state index < -0.39 is 17.7 Å². The van der Waals surface area contributed by atoms with E-state index >= 15 is 0 Å². The topological polar surface area (TPSA) is 60.9 Å². The van der Waals surface area contributed by atoms with E-state index in [0.29, 0.717) is 12.5 Å². The van der Waals surface area contributed by atoms with Crippen LogP contribution in [0.3, 0.4) is 0 Å². The summed E-state index contributed by atoms with van der Waals surface area (Å²) in [5.41, 5.74) is -0.396. The Hall–Kier alpha value is -0.940. The fraction of sp³-hybridized carbons (Fsp3) is 0.867. The molecule has 20 heavy (non-hydrogen) atoms. The minimum Gasteiger partial charge on any atom is -0.391 e. The minimum absolute atomic E-state index is 0.0248. The number of hydrogen-bond donors (Lipinski definition) is 1. The fourth-order valence-electron chi connectivity index (χ4n) is 3.70. The van der Waals surface area contributed by atoms with Gasteiger partial charge in [0.15, 0.2) is 5.78 Å². The van der Waals surface area contributed by atoms with Crippen molar-refractivity contribution in [1.29, 1.82) is 0 Å². The molecule has 114 valence electrons. The molecule has 2 heterocycles. The molecule has 0 aliphatic carbocycles. The molecular formula is C15H26N2O3. The average molecular weight is 282 g/mol. The molecule has 5 heteroatoms. The SMILES string of the molecule is CC(=O)[C@H]([C@@H](C)O)N1C[C@@]2(CCCN2CC(C)C)C1=O. The number of rotatable bonds is 5. The molecule has 0 bridgehead atoms. The van der Waals surface area contributed by atoms with Crippen LogP contribution in [0.2, 0.25) is 0 Å². The number of Topliss-reactive ketones (excluding diaryl/α,β-unsaturated/α-hetero) is 1. The first-order valence-corrected chi connectivity index (χ1v) is 7.54. The summed E-state index contributed by atoms with van der Waals surface area (Å²) in [4.78, 5) is 28.1. The van der Waals surface area contributed by atoms with Gasteiger partial charge in [-0.05, 0) is 39.2 Å². The van der Waals surface area contributed by atoms with Gasteiger partial charge in [-0.1, -0.05) is 13.8 Å². The second kappa shape index (κ2) is 5.45. The van der Waals surface area contributed by atoms with Gasteiger partial charge in [0, 0.05) is 13.1 Å². The Labute approximate surface area is 120 Å². The lowest BCUT2D eigenvalue weighted by atomic mass is 9.82. The maximum absolute atomic E-state index is 12.6. The zero-order valence-corrected chi connectivity index (χ0v) is 12.9. The number of carbonyl (C=O) groups is 2. The zero-order valence-electron chi connectivity index (χ0n) is 12.9. The van der Waals surface area contributed by atoms with Gasteiger partial charge in [0.25, 0.3) is 0 Å². The predicted octanol–water partition coefficient (Wildman–Crippen LogP) is 0.658.